The molecular formula is C15H18BrN3O. The number of aromatic nitrogens is 2. The van der Waals surface area contributed by atoms with Gasteiger partial charge in [0.05, 0.1) is 0 Å². The van der Waals surface area contributed by atoms with E-state index in [4.69, 9.17) is 4.52 Å². The van der Waals surface area contributed by atoms with Crippen LogP contribution in [0, 0.1) is 0 Å². The van der Waals surface area contributed by atoms with Crippen LogP contribution in [-0.2, 0) is 6.42 Å². The Labute approximate surface area is 127 Å². The molecule has 1 saturated heterocycles. The van der Waals surface area contributed by atoms with Gasteiger partial charge >= 0.3 is 0 Å². The number of halogens is 1. The van der Waals surface area contributed by atoms with Crippen LogP contribution in [0.15, 0.2) is 33.3 Å². The van der Waals surface area contributed by atoms with Crippen molar-refractivity contribution >= 4 is 15.9 Å². The molecule has 20 heavy (non-hydrogen) atoms. The summed E-state index contributed by atoms with van der Waals surface area (Å²) in [5.41, 5.74) is 0.963. The molecule has 4 nitrogen and oxygen atoms in total. The van der Waals surface area contributed by atoms with E-state index in [0.29, 0.717) is 5.89 Å². The average molecular weight is 336 g/mol. The van der Waals surface area contributed by atoms with Crippen molar-refractivity contribution in [1.82, 2.24) is 15.0 Å². The molecule has 106 valence electrons. The van der Waals surface area contributed by atoms with Crippen LogP contribution in [0.2, 0.25) is 0 Å². The first kappa shape index (κ1) is 13.8. The summed E-state index contributed by atoms with van der Waals surface area (Å²) >= 11 is 3.42. The lowest BCUT2D eigenvalue weighted by Gasteiger charge is -2.25. The quantitative estimate of drug-likeness (QED) is 0.857. The van der Waals surface area contributed by atoms with Gasteiger partial charge in [-0.15, -0.1) is 0 Å². The van der Waals surface area contributed by atoms with Gasteiger partial charge in [0.2, 0.25) is 0 Å². The van der Waals surface area contributed by atoms with Crippen molar-refractivity contribution in [2.24, 2.45) is 0 Å². The summed E-state index contributed by atoms with van der Waals surface area (Å²) in [6, 6.07) is 7.91. The molecule has 0 aliphatic carbocycles. The smallest absolute Gasteiger partial charge is 0.257 e. The highest BCUT2D eigenvalue weighted by Gasteiger charge is 2.13. The van der Waals surface area contributed by atoms with Gasteiger partial charge in [0.1, 0.15) is 0 Å². The van der Waals surface area contributed by atoms with Gasteiger partial charge in [0.25, 0.3) is 5.89 Å². The molecule has 2 heterocycles. The summed E-state index contributed by atoms with van der Waals surface area (Å²) in [7, 11) is 0. The van der Waals surface area contributed by atoms with Gasteiger partial charge in [0, 0.05) is 23.0 Å². The van der Waals surface area contributed by atoms with Crippen molar-refractivity contribution in [1.29, 1.82) is 0 Å². The molecule has 0 N–H and O–H groups in total. The lowest BCUT2D eigenvalue weighted by atomic mass is 10.1. The van der Waals surface area contributed by atoms with Gasteiger partial charge in [0.15, 0.2) is 5.82 Å². The predicted octanol–water partition coefficient (Wildman–Crippen LogP) is 3.53. The Bertz CT molecular complexity index is 547. The van der Waals surface area contributed by atoms with E-state index in [2.05, 4.69) is 31.0 Å². The Kier molecular flexibility index (Phi) is 4.47. The van der Waals surface area contributed by atoms with Crippen LogP contribution in [0.3, 0.4) is 0 Å². The third-order valence-corrected chi connectivity index (χ3v) is 4.19. The number of likely N-dealkylation sites (tertiary alicyclic amines) is 1. The average Bonchev–Trinajstić information content (AvgIpc) is 2.96. The Morgan fingerprint density at radius 1 is 1.10 bits per heavy atom. The van der Waals surface area contributed by atoms with Crippen LogP contribution in [-0.4, -0.2) is 34.7 Å². The summed E-state index contributed by atoms with van der Waals surface area (Å²) < 4.78 is 6.38. The maximum atomic E-state index is 5.34. The molecule has 3 rings (SSSR count). The van der Waals surface area contributed by atoms with E-state index in [9.17, 15) is 0 Å². The van der Waals surface area contributed by atoms with Gasteiger partial charge in [-0.2, -0.15) is 4.98 Å². The second-order valence-electron chi connectivity index (χ2n) is 5.17. The second-order valence-corrected chi connectivity index (χ2v) is 6.09. The third-order valence-electron chi connectivity index (χ3n) is 3.66. The predicted molar refractivity (Wildman–Crippen MR) is 81.4 cm³/mol. The van der Waals surface area contributed by atoms with Gasteiger partial charge < -0.3 is 9.42 Å². The standard InChI is InChI=1S/C15H18BrN3O/c16-13-6-4-12(5-7-13)15-17-14(18-20-15)8-11-19-9-2-1-3-10-19/h4-7H,1-3,8-11H2. The van der Waals surface area contributed by atoms with Crippen LogP contribution in [0.1, 0.15) is 25.1 Å². The minimum absolute atomic E-state index is 0.603. The minimum atomic E-state index is 0.603. The Morgan fingerprint density at radius 2 is 1.85 bits per heavy atom. The first-order chi connectivity index (χ1) is 9.81. The zero-order chi connectivity index (χ0) is 13.8. The molecule has 0 spiro atoms. The fourth-order valence-electron chi connectivity index (χ4n) is 2.51. The molecule has 0 saturated carbocycles. The fraction of sp³-hybridized carbons (Fsp3) is 0.467. The molecule has 1 aliphatic heterocycles. The summed E-state index contributed by atoms with van der Waals surface area (Å²) in [5.74, 6) is 1.40. The molecule has 0 bridgehead atoms. The molecule has 1 fully saturated rings. The van der Waals surface area contributed by atoms with E-state index in [1.54, 1.807) is 0 Å². The monoisotopic (exact) mass is 335 g/mol. The van der Waals surface area contributed by atoms with Crippen molar-refractivity contribution in [2.45, 2.75) is 25.7 Å². The first-order valence-electron chi connectivity index (χ1n) is 7.12. The van der Waals surface area contributed by atoms with E-state index in [1.165, 1.54) is 32.4 Å². The highest BCUT2D eigenvalue weighted by atomic mass is 79.9. The van der Waals surface area contributed by atoms with Gasteiger partial charge in [-0.25, -0.2) is 0 Å². The van der Waals surface area contributed by atoms with Crippen molar-refractivity contribution in [3.8, 4) is 11.5 Å². The molecule has 1 aromatic heterocycles. The highest BCUT2D eigenvalue weighted by molar-refractivity contribution is 9.10. The molecule has 0 unspecified atom stereocenters. The number of rotatable bonds is 4. The fourth-order valence-corrected chi connectivity index (χ4v) is 2.77. The maximum absolute atomic E-state index is 5.34. The molecule has 2 aromatic rings. The van der Waals surface area contributed by atoms with E-state index < -0.39 is 0 Å². The van der Waals surface area contributed by atoms with Crippen LogP contribution >= 0.6 is 15.9 Å². The van der Waals surface area contributed by atoms with Crippen molar-refractivity contribution in [3.05, 3.63) is 34.6 Å². The molecule has 5 heteroatoms. The first-order valence-corrected chi connectivity index (χ1v) is 7.91. The number of nitrogens with zero attached hydrogens (tertiary/aromatic N) is 3. The van der Waals surface area contributed by atoms with Crippen molar-refractivity contribution < 1.29 is 4.52 Å². The summed E-state index contributed by atoms with van der Waals surface area (Å²) in [6.07, 6.45) is 4.86. The summed E-state index contributed by atoms with van der Waals surface area (Å²) in [6.45, 7) is 3.44. The van der Waals surface area contributed by atoms with Crippen LogP contribution in [0.5, 0.6) is 0 Å². The molecular weight excluding hydrogens is 318 g/mol. The van der Waals surface area contributed by atoms with Crippen molar-refractivity contribution in [3.63, 3.8) is 0 Å². The van der Waals surface area contributed by atoms with Gasteiger partial charge in [-0.05, 0) is 50.2 Å². The molecule has 0 atom stereocenters. The topological polar surface area (TPSA) is 42.2 Å². The van der Waals surface area contributed by atoms with Crippen LogP contribution < -0.4 is 0 Å². The summed E-state index contributed by atoms with van der Waals surface area (Å²) in [4.78, 5) is 6.96. The summed E-state index contributed by atoms with van der Waals surface area (Å²) in [5, 5.41) is 4.07. The lowest BCUT2D eigenvalue weighted by molar-refractivity contribution is 0.229. The zero-order valence-corrected chi connectivity index (χ0v) is 13.0. The van der Waals surface area contributed by atoms with Crippen molar-refractivity contribution in [2.75, 3.05) is 19.6 Å². The minimum Gasteiger partial charge on any atom is -0.334 e. The maximum Gasteiger partial charge on any atom is 0.257 e. The Morgan fingerprint density at radius 3 is 2.60 bits per heavy atom. The SMILES string of the molecule is Brc1ccc(-c2nc(CCN3CCCCC3)no2)cc1. The van der Waals surface area contributed by atoms with Crippen LogP contribution in [0.4, 0.5) is 0 Å². The second kappa shape index (κ2) is 6.50. The normalized spacial score (nSPS) is 16.4. The van der Waals surface area contributed by atoms with E-state index >= 15 is 0 Å². The van der Waals surface area contributed by atoms with E-state index in [1.807, 2.05) is 24.3 Å². The third kappa shape index (κ3) is 3.46. The number of piperidine rings is 1. The zero-order valence-electron chi connectivity index (χ0n) is 11.4. The number of hydrogen-bond donors (Lipinski definition) is 0. The highest BCUT2D eigenvalue weighted by Crippen LogP contribution is 2.20. The largest absolute Gasteiger partial charge is 0.334 e. The molecule has 0 amide bonds. The van der Waals surface area contributed by atoms with E-state index in [-0.39, 0.29) is 0 Å². The number of benzene rings is 1. The molecule has 0 radical (unpaired) electrons. The Balaban J connectivity index is 1.60. The molecule has 1 aliphatic rings. The van der Waals surface area contributed by atoms with Crippen LogP contribution in [0.25, 0.3) is 11.5 Å². The van der Waals surface area contributed by atoms with E-state index in [0.717, 1.165) is 28.8 Å². The number of hydrogen-bond acceptors (Lipinski definition) is 4. The van der Waals surface area contributed by atoms with Gasteiger partial charge in [-0.1, -0.05) is 27.5 Å². The Hall–Kier alpha value is -1.20. The lowest BCUT2D eigenvalue weighted by Crippen LogP contribution is -2.31. The van der Waals surface area contributed by atoms with Gasteiger partial charge in [-0.3, -0.25) is 0 Å². The molecule has 1 aromatic carbocycles.